The average Bonchev–Trinajstić information content (AvgIpc) is 3.12. The monoisotopic (exact) mass is 403 g/mol. The van der Waals surface area contributed by atoms with Gasteiger partial charge in [-0.15, -0.1) is 0 Å². The molecule has 0 radical (unpaired) electrons. The first-order valence-electron chi connectivity index (χ1n) is 9.57. The minimum atomic E-state index is -0.610. The average molecular weight is 403 g/mol. The fourth-order valence-electron chi connectivity index (χ4n) is 3.57. The van der Waals surface area contributed by atoms with Gasteiger partial charge in [0.2, 0.25) is 0 Å². The summed E-state index contributed by atoms with van der Waals surface area (Å²) in [7, 11) is 0. The Balaban J connectivity index is 1.73. The zero-order valence-electron chi connectivity index (χ0n) is 17.0. The Kier molecular flexibility index (Phi) is 4.95. The number of carbonyl (C=O) groups excluding carboxylic acids is 1. The van der Waals surface area contributed by atoms with Gasteiger partial charge in [0.1, 0.15) is 6.67 Å². The van der Waals surface area contributed by atoms with Gasteiger partial charge in [-0.3, -0.25) is 9.89 Å². The van der Waals surface area contributed by atoms with Crippen molar-refractivity contribution < 1.29 is 9.18 Å². The smallest absolute Gasteiger partial charge is 0.255 e. The van der Waals surface area contributed by atoms with E-state index in [1.807, 2.05) is 39.0 Å². The molecule has 0 atom stereocenters. The van der Waals surface area contributed by atoms with Crippen LogP contribution in [-0.2, 0) is 6.67 Å². The van der Waals surface area contributed by atoms with Crippen LogP contribution in [-0.4, -0.2) is 21.1 Å². The molecule has 2 aromatic heterocycles. The SMILES string of the molecule is Cc1ccc(NC(=O)c2cccc(CF)c2)cc1-c1nc2[nH]nc(N)c2c(C)c1C. The molecule has 2 aromatic carbocycles. The van der Waals surface area contributed by atoms with E-state index in [4.69, 9.17) is 10.7 Å². The Bertz CT molecular complexity index is 1280. The van der Waals surface area contributed by atoms with Crippen LogP contribution < -0.4 is 11.1 Å². The second-order valence-electron chi connectivity index (χ2n) is 7.36. The summed E-state index contributed by atoms with van der Waals surface area (Å²) in [5, 5.41) is 10.7. The molecule has 0 spiro atoms. The number of aromatic amines is 1. The Hall–Kier alpha value is -3.74. The molecule has 152 valence electrons. The largest absolute Gasteiger partial charge is 0.382 e. The minimum Gasteiger partial charge on any atom is -0.382 e. The van der Waals surface area contributed by atoms with Gasteiger partial charge in [0, 0.05) is 16.8 Å². The number of aromatic nitrogens is 3. The van der Waals surface area contributed by atoms with Gasteiger partial charge in [-0.2, -0.15) is 5.10 Å². The van der Waals surface area contributed by atoms with E-state index >= 15 is 0 Å². The number of halogens is 1. The van der Waals surface area contributed by atoms with Crippen LogP contribution in [0.5, 0.6) is 0 Å². The van der Waals surface area contributed by atoms with E-state index in [0.29, 0.717) is 28.3 Å². The molecule has 30 heavy (non-hydrogen) atoms. The van der Waals surface area contributed by atoms with Crippen molar-refractivity contribution in [3.8, 4) is 11.3 Å². The predicted octanol–water partition coefficient (Wildman–Crippen LogP) is 4.85. The summed E-state index contributed by atoms with van der Waals surface area (Å²) >= 11 is 0. The number of amides is 1. The van der Waals surface area contributed by atoms with E-state index in [0.717, 1.165) is 33.3 Å². The third kappa shape index (κ3) is 3.39. The molecule has 0 unspecified atom stereocenters. The summed E-state index contributed by atoms with van der Waals surface area (Å²) in [5.74, 6) is 0.135. The zero-order chi connectivity index (χ0) is 21.4. The number of fused-ring (bicyclic) bond motifs is 1. The number of anilines is 2. The number of nitrogens with two attached hydrogens (primary N) is 1. The molecule has 0 aliphatic heterocycles. The molecule has 2 heterocycles. The summed E-state index contributed by atoms with van der Waals surface area (Å²) in [5.41, 5.74) is 12.8. The summed E-state index contributed by atoms with van der Waals surface area (Å²) in [4.78, 5) is 17.4. The quantitative estimate of drug-likeness (QED) is 0.454. The summed E-state index contributed by atoms with van der Waals surface area (Å²) in [6, 6.07) is 12.2. The molecule has 0 aliphatic rings. The van der Waals surface area contributed by atoms with Gasteiger partial charge >= 0.3 is 0 Å². The number of nitrogen functional groups attached to an aromatic ring is 1. The van der Waals surface area contributed by atoms with Crippen LogP contribution in [0.4, 0.5) is 15.9 Å². The van der Waals surface area contributed by atoms with Crippen molar-refractivity contribution in [2.45, 2.75) is 27.4 Å². The molecular weight excluding hydrogens is 381 g/mol. The van der Waals surface area contributed by atoms with Crippen LogP contribution in [0.2, 0.25) is 0 Å². The zero-order valence-corrected chi connectivity index (χ0v) is 17.0. The van der Waals surface area contributed by atoms with E-state index < -0.39 is 6.67 Å². The molecule has 7 heteroatoms. The Labute approximate surface area is 173 Å². The van der Waals surface area contributed by atoms with E-state index in [-0.39, 0.29) is 5.91 Å². The lowest BCUT2D eigenvalue weighted by atomic mass is 9.97. The molecular formula is C23H22FN5O. The Morgan fingerprint density at radius 2 is 1.93 bits per heavy atom. The van der Waals surface area contributed by atoms with Gasteiger partial charge in [-0.25, -0.2) is 9.37 Å². The maximum atomic E-state index is 12.9. The molecule has 0 aliphatic carbocycles. The highest BCUT2D eigenvalue weighted by Crippen LogP contribution is 2.33. The third-order valence-electron chi connectivity index (χ3n) is 5.39. The lowest BCUT2D eigenvalue weighted by Crippen LogP contribution is -2.12. The van der Waals surface area contributed by atoms with Crippen molar-refractivity contribution in [1.82, 2.24) is 15.2 Å². The Morgan fingerprint density at radius 1 is 1.13 bits per heavy atom. The van der Waals surface area contributed by atoms with Gasteiger partial charge in [0.05, 0.1) is 11.1 Å². The van der Waals surface area contributed by atoms with Gasteiger partial charge in [0.15, 0.2) is 11.5 Å². The number of nitrogens with zero attached hydrogens (tertiary/aromatic N) is 2. The van der Waals surface area contributed by atoms with Crippen molar-refractivity contribution in [3.05, 3.63) is 70.3 Å². The number of hydrogen-bond donors (Lipinski definition) is 3. The Morgan fingerprint density at radius 3 is 2.70 bits per heavy atom. The van der Waals surface area contributed by atoms with E-state index in [1.165, 1.54) is 0 Å². The lowest BCUT2D eigenvalue weighted by molar-refractivity contribution is 0.102. The maximum absolute atomic E-state index is 12.9. The molecule has 0 saturated heterocycles. The van der Waals surface area contributed by atoms with Crippen LogP contribution in [0, 0.1) is 20.8 Å². The minimum absolute atomic E-state index is 0.294. The number of benzene rings is 2. The molecule has 0 bridgehead atoms. The van der Waals surface area contributed by atoms with Gasteiger partial charge in [0.25, 0.3) is 5.91 Å². The van der Waals surface area contributed by atoms with Crippen molar-refractivity contribution in [1.29, 1.82) is 0 Å². The van der Waals surface area contributed by atoms with Crippen molar-refractivity contribution in [3.63, 3.8) is 0 Å². The number of aryl methyl sites for hydroxylation is 2. The van der Waals surface area contributed by atoms with Crippen molar-refractivity contribution in [2.24, 2.45) is 0 Å². The fourth-order valence-corrected chi connectivity index (χ4v) is 3.57. The number of alkyl halides is 1. The summed E-state index contributed by atoms with van der Waals surface area (Å²) < 4.78 is 12.9. The van der Waals surface area contributed by atoms with E-state index in [2.05, 4.69) is 15.5 Å². The fraction of sp³-hybridized carbons (Fsp3) is 0.174. The standard InChI is InChI=1S/C23H22FN5O/c1-12-7-8-17(26-23(30)16-6-4-5-15(9-16)11-24)10-18(12)20-14(3)13(2)19-21(25)28-29-22(19)27-20/h4-10H,11H2,1-3H3,(H,26,30)(H3,25,27,28,29). The molecule has 0 fully saturated rings. The number of carbonyl (C=O) groups is 1. The second-order valence-corrected chi connectivity index (χ2v) is 7.36. The molecule has 6 nitrogen and oxygen atoms in total. The maximum Gasteiger partial charge on any atom is 0.255 e. The molecule has 4 N–H and O–H groups in total. The highest BCUT2D eigenvalue weighted by atomic mass is 19.1. The summed E-state index contributed by atoms with van der Waals surface area (Å²) in [6.45, 7) is 5.37. The van der Waals surface area contributed by atoms with Crippen LogP contribution in [0.25, 0.3) is 22.3 Å². The predicted molar refractivity (Wildman–Crippen MR) is 117 cm³/mol. The first-order valence-corrected chi connectivity index (χ1v) is 9.57. The van der Waals surface area contributed by atoms with Crippen molar-refractivity contribution in [2.75, 3.05) is 11.1 Å². The highest BCUT2D eigenvalue weighted by Gasteiger charge is 2.17. The molecule has 0 saturated carbocycles. The van der Waals surface area contributed by atoms with E-state index in [9.17, 15) is 9.18 Å². The molecule has 1 amide bonds. The second kappa shape index (κ2) is 7.59. The number of H-pyrrole nitrogens is 1. The third-order valence-corrected chi connectivity index (χ3v) is 5.39. The number of rotatable bonds is 4. The number of hydrogen-bond acceptors (Lipinski definition) is 4. The van der Waals surface area contributed by atoms with Crippen molar-refractivity contribution >= 4 is 28.4 Å². The first kappa shape index (κ1) is 19.6. The summed E-state index contributed by atoms with van der Waals surface area (Å²) in [6.07, 6.45) is 0. The number of nitrogens with one attached hydrogen (secondary N) is 2. The molecule has 4 aromatic rings. The van der Waals surface area contributed by atoms with Gasteiger partial charge in [-0.05, 0) is 67.3 Å². The van der Waals surface area contributed by atoms with Gasteiger partial charge in [-0.1, -0.05) is 18.2 Å². The van der Waals surface area contributed by atoms with Crippen LogP contribution in [0.1, 0.15) is 32.6 Å². The van der Waals surface area contributed by atoms with E-state index in [1.54, 1.807) is 24.3 Å². The number of pyridine rings is 1. The lowest BCUT2D eigenvalue weighted by Gasteiger charge is -2.14. The van der Waals surface area contributed by atoms with Crippen LogP contribution >= 0.6 is 0 Å². The van der Waals surface area contributed by atoms with Gasteiger partial charge < -0.3 is 11.1 Å². The topological polar surface area (TPSA) is 96.7 Å². The molecule has 4 rings (SSSR count). The van der Waals surface area contributed by atoms with Crippen LogP contribution in [0.15, 0.2) is 42.5 Å². The first-order chi connectivity index (χ1) is 14.4. The highest BCUT2D eigenvalue weighted by molar-refractivity contribution is 6.04. The normalized spacial score (nSPS) is 11.1. The van der Waals surface area contributed by atoms with Crippen LogP contribution in [0.3, 0.4) is 0 Å².